The van der Waals surface area contributed by atoms with Crippen molar-refractivity contribution in [1.29, 1.82) is 0 Å². The van der Waals surface area contributed by atoms with Crippen molar-refractivity contribution < 1.29 is 14.7 Å². The molecule has 0 radical (unpaired) electrons. The topological polar surface area (TPSA) is 78.3 Å². The highest BCUT2D eigenvalue weighted by atomic mass is 32.2. The number of rotatable bonds is 7. The second-order valence-electron chi connectivity index (χ2n) is 6.50. The summed E-state index contributed by atoms with van der Waals surface area (Å²) in [6.07, 6.45) is 3.89. The van der Waals surface area contributed by atoms with Crippen LogP contribution in [0, 0.1) is 0 Å². The first-order valence-corrected chi connectivity index (χ1v) is 11.3. The lowest BCUT2D eigenvalue weighted by atomic mass is 10.2. The largest absolute Gasteiger partial charge is 0.550 e. The van der Waals surface area contributed by atoms with Crippen LogP contribution in [0.25, 0.3) is 22.3 Å². The molecule has 0 unspecified atom stereocenters. The number of aromatic nitrogens is 2. The molecule has 6 nitrogen and oxygen atoms in total. The number of carbonyl (C=O) groups excluding carboxylic acids is 2. The van der Waals surface area contributed by atoms with Crippen LogP contribution >= 0.6 is 35.3 Å². The van der Waals surface area contributed by atoms with Crippen LogP contribution in [0.3, 0.4) is 0 Å². The maximum absolute atomic E-state index is 12.8. The number of carbonyl (C=O) groups is 2. The summed E-state index contributed by atoms with van der Waals surface area (Å²) in [6.45, 7) is 0.261. The summed E-state index contributed by atoms with van der Waals surface area (Å²) in [5.74, 6) is -1.35. The molecule has 1 saturated heterocycles. The van der Waals surface area contributed by atoms with Gasteiger partial charge in [-0.3, -0.25) is 9.69 Å². The highest BCUT2D eigenvalue weighted by Gasteiger charge is 2.32. The number of benzene rings is 1. The molecule has 0 bridgehead atoms. The summed E-state index contributed by atoms with van der Waals surface area (Å²) in [6, 6.07) is 13.7. The fourth-order valence-electron chi connectivity index (χ4n) is 3.03. The molecule has 3 aromatic rings. The van der Waals surface area contributed by atoms with E-state index in [0.717, 1.165) is 21.8 Å². The molecule has 3 heterocycles. The third-order valence-electron chi connectivity index (χ3n) is 4.44. The van der Waals surface area contributed by atoms with Crippen molar-refractivity contribution in [3.8, 4) is 16.3 Å². The van der Waals surface area contributed by atoms with Crippen LogP contribution in [0.15, 0.2) is 58.9 Å². The van der Waals surface area contributed by atoms with E-state index in [4.69, 9.17) is 17.3 Å². The van der Waals surface area contributed by atoms with Crippen molar-refractivity contribution in [2.45, 2.75) is 12.8 Å². The van der Waals surface area contributed by atoms with Crippen molar-refractivity contribution in [2.75, 3.05) is 6.54 Å². The Balaban J connectivity index is 1.66. The Hall–Kier alpha value is -2.75. The van der Waals surface area contributed by atoms with Gasteiger partial charge in [-0.1, -0.05) is 48.2 Å². The minimum absolute atomic E-state index is 0.109. The Labute approximate surface area is 186 Å². The normalized spacial score (nSPS) is 15.3. The molecule has 0 atom stereocenters. The number of thiocarbonyl (C=S) groups is 1. The van der Waals surface area contributed by atoms with Crippen molar-refractivity contribution in [2.24, 2.45) is 0 Å². The van der Waals surface area contributed by atoms with E-state index < -0.39 is 5.97 Å². The molecule has 0 saturated carbocycles. The first-order chi connectivity index (χ1) is 14.5. The van der Waals surface area contributed by atoms with Crippen LogP contribution in [-0.2, 0) is 9.59 Å². The van der Waals surface area contributed by atoms with Gasteiger partial charge in [0.15, 0.2) is 0 Å². The van der Waals surface area contributed by atoms with E-state index in [-0.39, 0.29) is 18.9 Å². The molecule has 152 valence electrons. The van der Waals surface area contributed by atoms with Gasteiger partial charge in [0.2, 0.25) is 0 Å². The Morgan fingerprint density at radius 1 is 1.20 bits per heavy atom. The highest BCUT2D eigenvalue weighted by molar-refractivity contribution is 8.26. The quantitative estimate of drug-likeness (QED) is 0.403. The van der Waals surface area contributed by atoms with Crippen molar-refractivity contribution >= 4 is 57.6 Å². The molecule has 1 amide bonds. The smallest absolute Gasteiger partial charge is 0.266 e. The average molecular weight is 455 g/mol. The lowest BCUT2D eigenvalue weighted by Gasteiger charge is -2.14. The fraction of sp³-hybridized carbons (Fsp3) is 0.143. The third kappa shape index (κ3) is 4.38. The zero-order chi connectivity index (χ0) is 21.1. The Morgan fingerprint density at radius 2 is 2.00 bits per heavy atom. The van der Waals surface area contributed by atoms with E-state index >= 15 is 0 Å². The molecular formula is C21H16N3O3S3-. The molecule has 1 aliphatic rings. The van der Waals surface area contributed by atoms with Gasteiger partial charge in [-0.05, 0) is 42.5 Å². The molecule has 1 aliphatic heterocycles. The van der Waals surface area contributed by atoms with E-state index in [2.05, 4.69) is 0 Å². The number of carboxylic acids is 1. The van der Waals surface area contributed by atoms with Gasteiger partial charge in [-0.25, -0.2) is 4.68 Å². The number of thioether (sulfide) groups is 1. The molecule has 1 fully saturated rings. The van der Waals surface area contributed by atoms with Crippen LogP contribution < -0.4 is 5.11 Å². The first kappa shape index (κ1) is 20.5. The number of nitrogens with zero attached hydrogens (tertiary/aromatic N) is 3. The fourth-order valence-corrected chi connectivity index (χ4v) is 5.06. The molecule has 9 heteroatoms. The SMILES string of the molecule is O=C([O-])CCCN1C(=O)/C(=C/c2cn(-c3ccccc3)nc2-c2cccs2)SC1=S. The molecule has 4 rings (SSSR count). The standard InChI is InChI=1S/C21H17N3O3S3/c25-18(26)9-4-10-23-20(27)17(30-21(23)28)12-14-13-24(15-6-2-1-3-7-15)22-19(14)16-8-5-11-29-16/h1-3,5-8,11-13H,4,9-10H2,(H,25,26)/p-1/b17-12-. The van der Waals surface area contributed by atoms with Gasteiger partial charge in [0, 0.05) is 24.3 Å². The molecule has 0 aliphatic carbocycles. The predicted octanol–water partition coefficient (Wildman–Crippen LogP) is 3.33. The molecule has 2 aromatic heterocycles. The van der Waals surface area contributed by atoms with Crippen LogP contribution in [0.5, 0.6) is 0 Å². The Kier molecular flexibility index (Phi) is 6.12. The van der Waals surface area contributed by atoms with Gasteiger partial charge in [0.1, 0.15) is 10.0 Å². The maximum atomic E-state index is 12.8. The molecular weight excluding hydrogens is 438 g/mol. The summed E-state index contributed by atoms with van der Waals surface area (Å²) < 4.78 is 2.22. The van der Waals surface area contributed by atoms with Gasteiger partial charge in [-0.2, -0.15) is 5.10 Å². The first-order valence-electron chi connectivity index (χ1n) is 9.17. The second-order valence-corrected chi connectivity index (χ2v) is 9.12. The van der Waals surface area contributed by atoms with E-state index in [1.54, 1.807) is 22.1 Å². The maximum Gasteiger partial charge on any atom is 0.266 e. The third-order valence-corrected chi connectivity index (χ3v) is 6.70. The number of thiophene rings is 1. The summed E-state index contributed by atoms with van der Waals surface area (Å²) in [5.41, 5.74) is 2.53. The number of hydrogen-bond donors (Lipinski definition) is 0. The minimum Gasteiger partial charge on any atom is -0.550 e. The molecule has 30 heavy (non-hydrogen) atoms. The molecule has 1 aromatic carbocycles. The lowest BCUT2D eigenvalue weighted by Crippen LogP contribution is -2.30. The number of carboxylic acid groups (broad SMARTS) is 1. The van der Waals surface area contributed by atoms with Crippen LogP contribution in [0.1, 0.15) is 18.4 Å². The zero-order valence-electron chi connectivity index (χ0n) is 15.7. The second kappa shape index (κ2) is 8.95. The molecule has 0 spiro atoms. The van der Waals surface area contributed by atoms with E-state index in [9.17, 15) is 14.7 Å². The monoisotopic (exact) mass is 454 g/mol. The van der Waals surface area contributed by atoms with E-state index in [0.29, 0.717) is 15.6 Å². The van der Waals surface area contributed by atoms with Gasteiger partial charge >= 0.3 is 0 Å². The van der Waals surface area contributed by atoms with E-state index in [1.165, 1.54) is 16.7 Å². The highest BCUT2D eigenvalue weighted by Crippen LogP contribution is 2.35. The average Bonchev–Trinajstić information content (AvgIpc) is 3.45. The zero-order valence-corrected chi connectivity index (χ0v) is 18.1. The van der Waals surface area contributed by atoms with Crippen LogP contribution in [0.4, 0.5) is 0 Å². The number of amides is 1. The summed E-state index contributed by atoms with van der Waals surface area (Å²) >= 11 is 8.13. The predicted molar refractivity (Wildman–Crippen MR) is 121 cm³/mol. The minimum atomic E-state index is -1.13. The lowest BCUT2D eigenvalue weighted by molar-refractivity contribution is -0.305. The Bertz CT molecular complexity index is 1120. The van der Waals surface area contributed by atoms with Crippen LogP contribution in [0.2, 0.25) is 0 Å². The van der Waals surface area contributed by atoms with Gasteiger partial charge in [-0.15, -0.1) is 11.3 Å². The number of para-hydroxylation sites is 1. The van der Waals surface area contributed by atoms with Crippen molar-refractivity contribution in [3.05, 3.63) is 64.5 Å². The number of hydrogen-bond acceptors (Lipinski definition) is 7. The summed E-state index contributed by atoms with van der Waals surface area (Å²) in [4.78, 5) is 26.4. The van der Waals surface area contributed by atoms with Crippen LogP contribution in [-0.4, -0.2) is 37.4 Å². The van der Waals surface area contributed by atoms with Crippen molar-refractivity contribution in [3.63, 3.8) is 0 Å². The summed E-state index contributed by atoms with van der Waals surface area (Å²) in [7, 11) is 0. The van der Waals surface area contributed by atoms with Gasteiger partial charge < -0.3 is 9.90 Å². The van der Waals surface area contributed by atoms with Gasteiger partial charge in [0.25, 0.3) is 5.91 Å². The van der Waals surface area contributed by atoms with Crippen molar-refractivity contribution in [1.82, 2.24) is 14.7 Å². The summed E-state index contributed by atoms with van der Waals surface area (Å²) in [5, 5.41) is 17.4. The molecule has 0 N–H and O–H groups in total. The number of aliphatic carboxylic acids is 1. The van der Waals surface area contributed by atoms with Gasteiger partial charge in [0.05, 0.1) is 15.5 Å². The Morgan fingerprint density at radius 3 is 2.70 bits per heavy atom. The van der Waals surface area contributed by atoms with E-state index in [1.807, 2.05) is 54.0 Å².